The third-order valence-corrected chi connectivity index (χ3v) is 5.73. The lowest BCUT2D eigenvalue weighted by Crippen LogP contribution is -2.36. The van der Waals surface area contributed by atoms with E-state index in [4.69, 9.17) is 21.1 Å². The number of pyridine rings is 1. The predicted molar refractivity (Wildman–Crippen MR) is 119 cm³/mol. The van der Waals surface area contributed by atoms with E-state index in [9.17, 15) is 9.18 Å². The molecule has 3 aromatic rings. The normalized spacial score (nSPS) is 13.9. The molecular weight excluding hydrogens is 421 g/mol. The quantitative estimate of drug-likeness (QED) is 0.570. The fourth-order valence-corrected chi connectivity index (χ4v) is 4.06. The van der Waals surface area contributed by atoms with E-state index in [1.54, 1.807) is 18.2 Å². The molecule has 2 heterocycles. The number of carbonyl (C=O) groups excluding carboxylic acids is 1. The van der Waals surface area contributed by atoms with Gasteiger partial charge in [-0.1, -0.05) is 11.6 Å². The van der Waals surface area contributed by atoms with Crippen LogP contribution in [0.4, 0.5) is 15.8 Å². The third-order valence-electron chi connectivity index (χ3n) is 5.44. The Morgan fingerprint density at radius 3 is 2.55 bits per heavy atom. The van der Waals surface area contributed by atoms with Crippen LogP contribution in [-0.2, 0) is 0 Å². The predicted octanol–water partition coefficient (Wildman–Crippen LogP) is 5.41. The second-order valence-corrected chi connectivity index (χ2v) is 7.78. The summed E-state index contributed by atoms with van der Waals surface area (Å²) in [6.45, 7) is 1.38. The fraction of sp³-hybridized carbons (Fsp3) is 0.304. The zero-order valence-electron chi connectivity index (χ0n) is 17.4. The Kier molecular flexibility index (Phi) is 6.13. The van der Waals surface area contributed by atoms with Crippen LogP contribution < -0.4 is 14.8 Å². The molecule has 1 N–H and O–H groups in total. The topological polar surface area (TPSA) is 63.7 Å². The average Bonchev–Trinajstić information content (AvgIpc) is 2.79. The molecule has 162 valence electrons. The number of piperidine rings is 1. The molecule has 0 aliphatic carbocycles. The highest BCUT2D eigenvalue weighted by Crippen LogP contribution is 2.39. The number of halogens is 2. The number of ether oxygens (including phenoxy) is 2. The van der Waals surface area contributed by atoms with Crippen molar-refractivity contribution in [1.29, 1.82) is 0 Å². The van der Waals surface area contributed by atoms with Crippen LogP contribution in [0.25, 0.3) is 10.9 Å². The number of aromatic nitrogens is 1. The first kappa shape index (κ1) is 21.2. The molecule has 1 aromatic heterocycles. The summed E-state index contributed by atoms with van der Waals surface area (Å²) in [6.07, 6.45) is 4.58. The van der Waals surface area contributed by atoms with Gasteiger partial charge in [0.25, 0.3) is 5.91 Å². The number of hydrogen-bond donors (Lipinski definition) is 1. The molecule has 0 atom stereocenters. The molecule has 1 aliphatic heterocycles. The number of rotatable bonds is 5. The average molecular weight is 444 g/mol. The van der Waals surface area contributed by atoms with Gasteiger partial charge in [-0.15, -0.1) is 0 Å². The van der Waals surface area contributed by atoms with Gasteiger partial charge < -0.3 is 19.7 Å². The van der Waals surface area contributed by atoms with Crippen LogP contribution in [0.1, 0.15) is 29.6 Å². The van der Waals surface area contributed by atoms with Crippen LogP contribution in [0, 0.1) is 5.82 Å². The van der Waals surface area contributed by atoms with Crippen molar-refractivity contribution in [2.45, 2.75) is 19.3 Å². The summed E-state index contributed by atoms with van der Waals surface area (Å²) in [6, 6.07) is 7.61. The minimum Gasteiger partial charge on any atom is -0.495 e. The molecule has 0 saturated carbocycles. The van der Waals surface area contributed by atoms with Gasteiger partial charge in [-0.2, -0.15) is 0 Å². The van der Waals surface area contributed by atoms with E-state index in [0.29, 0.717) is 57.5 Å². The van der Waals surface area contributed by atoms with Gasteiger partial charge in [-0.25, -0.2) is 4.39 Å². The first-order valence-corrected chi connectivity index (χ1v) is 10.5. The fourth-order valence-electron chi connectivity index (χ4n) is 3.82. The lowest BCUT2D eigenvalue weighted by Gasteiger charge is -2.28. The first-order valence-electron chi connectivity index (χ1n) is 10.1. The first-order chi connectivity index (χ1) is 15.0. The van der Waals surface area contributed by atoms with Crippen LogP contribution in [0.5, 0.6) is 11.5 Å². The Balaban J connectivity index is 1.86. The molecule has 1 amide bonds. The Labute approximate surface area is 184 Å². The number of hydrogen-bond acceptors (Lipinski definition) is 5. The van der Waals surface area contributed by atoms with Crippen molar-refractivity contribution < 1.29 is 18.7 Å². The second-order valence-electron chi connectivity index (χ2n) is 7.37. The molecule has 2 aromatic carbocycles. The van der Waals surface area contributed by atoms with E-state index in [1.165, 1.54) is 32.5 Å². The molecule has 1 aliphatic rings. The van der Waals surface area contributed by atoms with Crippen LogP contribution in [0.2, 0.25) is 5.02 Å². The Hall–Kier alpha value is -3.06. The maximum atomic E-state index is 14.1. The van der Waals surface area contributed by atoms with Crippen molar-refractivity contribution in [1.82, 2.24) is 9.88 Å². The standard InChI is InChI=1S/C23H23ClFN3O3/c1-30-20-12-21(31-2)19(11-17(20)24)27-22-15-10-14(25)6-7-18(15)26-13-16(22)23(29)28-8-4-3-5-9-28/h6-7,10-13H,3-5,8-9H2,1-2H3,(H,26,27). The second kappa shape index (κ2) is 8.98. The third kappa shape index (κ3) is 4.23. The molecule has 0 radical (unpaired) electrons. The maximum Gasteiger partial charge on any atom is 0.257 e. The Bertz CT molecular complexity index is 1130. The zero-order valence-corrected chi connectivity index (χ0v) is 18.1. The zero-order chi connectivity index (χ0) is 22.0. The molecule has 1 fully saturated rings. The van der Waals surface area contributed by atoms with E-state index < -0.39 is 5.82 Å². The molecule has 0 unspecified atom stereocenters. The van der Waals surface area contributed by atoms with Crippen molar-refractivity contribution >= 4 is 39.8 Å². The smallest absolute Gasteiger partial charge is 0.257 e. The highest BCUT2D eigenvalue weighted by Gasteiger charge is 2.24. The molecule has 8 heteroatoms. The molecular formula is C23H23ClFN3O3. The van der Waals surface area contributed by atoms with Crippen molar-refractivity contribution in [2.75, 3.05) is 32.6 Å². The number of anilines is 2. The summed E-state index contributed by atoms with van der Waals surface area (Å²) in [5.41, 5.74) is 1.92. The van der Waals surface area contributed by atoms with E-state index in [0.717, 1.165) is 19.3 Å². The van der Waals surface area contributed by atoms with Crippen molar-refractivity contribution in [3.63, 3.8) is 0 Å². The van der Waals surface area contributed by atoms with Gasteiger partial charge in [0.2, 0.25) is 0 Å². The molecule has 1 saturated heterocycles. The van der Waals surface area contributed by atoms with Crippen molar-refractivity contribution in [2.24, 2.45) is 0 Å². The van der Waals surface area contributed by atoms with Crippen LogP contribution >= 0.6 is 11.6 Å². The van der Waals surface area contributed by atoms with Gasteiger partial charge in [-0.3, -0.25) is 9.78 Å². The van der Waals surface area contributed by atoms with Gasteiger partial charge in [0, 0.05) is 30.7 Å². The number of amides is 1. The van der Waals surface area contributed by atoms with Gasteiger partial charge >= 0.3 is 0 Å². The Morgan fingerprint density at radius 2 is 1.84 bits per heavy atom. The van der Waals surface area contributed by atoms with E-state index in [2.05, 4.69) is 10.3 Å². The van der Waals surface area contributed by atoms with Gasteiger partial charge in [-0.05, 0) is 43.5 Å². The van der Waals surface area contributed by atoms with Crippen LogP contribution in [0.3, 0.4) is 0 Å². The van der Waals surface area contributed by atoms with E-state index in [1.807, 2.05) is 4.90 Å². The summed E-state index contributed by atoms with van der Waals surface area (Å²) < 4.78 is 24.9. The monoisotopic (exact) mass is 443 g/mol. The molecule has 4 rings (SSSR count). The highest BCUT2D eigenvalue weighted by atomic mass is 35.5. The van der Waals surface area contributed by atoms with Gasteiger partial charge in [0.15, 0.2) is 0 Å². The van der Waals surface area contributed by atoms with Gasteiger partial charge in [0.05, 0.1) is 41.7 Å². The maximum absolute atomic E-state index is 14.1. The minimum absolute atomic E-state index is 0.139. The summed E-state index contributed by atoms with van der Waals surface area (Å²) in [7, 11) is 3.04. The van der Waals surface area contributed by atoms with E-state index >= 15 is 0 Å². The Morgan fingerprint density at radius 1 is 1.10 bits per heavy atom. The molecule has 31 heavy (non-hydrogen) atoms. The number of nitrogens with one attached hydrogen (secondary N) is 1. The number of nitrogens with zero attached hydrogens (tertiary/aromatic N) is 2. The van der Waals surface area contributed by atoms with Crippen LogP contribution in [-0.4, -0.2) is 43.1 Å². The number of methoxy groups -OCH3 is 2. The molecule has 6 nitrogen and oxygen atoms in total. The number of benzene rings is 2. The number of carbonyl (C=O) groups is 1. The van der Waals surface area contributed by atoms with Crippen LogP contribution in [0.15, 0.2) is 36.5 Å². The molecule has 0 spiro atoms. The summed E-state index contributed by atoms with van der Waals surface area (Å²) >= 11 is 6.32. The van der Waals surface area contributed by atoms with Gasteiger partial charge in [0.1, 0.15) is 17.3 Å². The molecule has 0 bridgehead atoms. The largest absolute Gasteiger partial charge is 0.495 e. The van der Waals surface area contributed by atoms with Crippen molar-refractivity contribution in [3.05, 3.63) is 52.9 Å². The summed E-state index contributed by atoms with van der Waals surface area (Å²) in [5, 5.41) is 4.13. The lowest BCUT2D eigenvalue weighted by molar-refractivity contribution is 0.0725. The number of likely N-dealkylation sites (tertiary alicyclic amines) is 1. The van der Waals surface area contributed by atoms with E-state index in [-0.39, 0.29) is 5.91 Å². The minimum atomic E-state index is -0.417. The SMILES string of the molecule is COc1cc(OC)c(Nc2c(C(=O)N3CCCCC3)cnc3ccc(F)cc23)cc1Cl. The summed E-state index contributed by atoms with van der Waals surface area (Å²) in [4.78, 5) is 19.5. The number of fused-ring (bicyclic) bond motifs is 1. The summed E-state index contributed by atoms with van der Waals surface area (Å²) in [5.74, 6) is 0.373. The van der Waals surface area contributed by atoms with Crippen molar-refractivity contribution in [3.8, 4) is 11.5 Å². The lowest BCUT2D eigenvalue weighted by atomic mass is 10.1. The highest BCUT2D eigenvalue weighted by molar-refractivity contribution is 6.32.